The summed E-state index contributed by atoms with van der Waals surface area (Å²) >= 11 is 8.78. The van der Waals surface area contributed by atoms with Gasteiger partial charge < -0.3 is 5.32 Å². The smallest absolute Gasteiger partial charge is 0.230 e. The van der Waals surface area contributed by atoms with Crippen LogP contribution in [0.25, 0.3) is 21.5 Å². The number of benzene rings is 1. The number of fused-ring (bicyclic) bond motifs is 1. The standard InChI is InChI=1S/C19H19ClN4OS2/c20-13-8-6-12(7-9-13)16-17-18(27-24-16)19(22-11-21-17)26-10-15(25)23-14-4-2-1-3-5-14/h6-9,11,14H,1-5,10H2,(H,23,25). The van der Waals surface area contributed by atoms with E-state index in [1.165, 1.54) is 48.9 Å². The molecule has 1 saturated carbocycles. The third kappa shape index (κ3) is 4.42. The highest BCUT2D eigenvalue weighted by molar-refractivity contribution is 8.00. The van der Waals surface area contributed by atoms with Gasteiger partial charge in [-0.05, 0) is 36.5 Å². The van der Waals surface area contributed by atoms with E-state index in [4.69, 9.17) is 11.6 Å². The van der Waals surface area contributed by atoms with Gasteiger partial charge in [0, 0.05) is 16.6 Å². The predicted molar refractivity (Wildman–Crippen MR) is 111 cm³/mol. The SMILES string of the molecule is O=C(CSc1ncnc2c(-c3ccc(Cl)cc3)nsc12)NC1CCCCC1. The van der Waals surface area contributed by atoms with Crippen LogP contribution in [0.15, 0.2) is 35.6 Å². The topological polar surface area (TPSA) is 67.8 Å². The zero-order chi connectivity index (χ0) is 18.6. The Hall–Kier alpha value is -1.70. The third-order valence-electron chi connectivity index (χ3n) is 4.65. The molecule has 0 spiro atoms. The van der Waals surface area contributed by atoms with Gasteiger partial charge in [-0.2, -0.15) is 4.37 Å². The van der Waals surface area contributed by atoms with Crippen molar-refractivity contribution in [2.75, 3.05) is 5.75 Å². The Balaban J connectivity index is 1.48. The first-order valence-electron chi connectivity index (χ1n) is 8.99. The van der Waals surface area contributed by atoms with Crippen LogP contribution >= 0.6 is 34.9 Å². The molecular weight excluding hydrogens is 400 g/mol. The minimum absolute atomic E-state index is 0.0705. The van der Waals surface area contributed by atoms with E-state index >= 15 is 0 Å². The van der Waals surface area contributed by atoms with Gasteiger partial charge in [-0.25, -0.2) is 9.97 Å². The van der Waals surface area contributed by atoms with Crippen LogP contribution in [0.1, 0.15) is 32.1 Å². The van der Waals surface area contributed by atoms with E-state index < -0.39 is 0 Å². The number of rotatable bonds is 5. The van der Waals surface area contributed by atoms with Crippen molar-refractivity contribution in [2.45, 2.75) is 43.2 Å². The summed E-state index contributed by atoms with van der Waals surface area (Å²) in [7, 11) is 0. The molecule has 0 bridgehead atoms. The van der Waals surface area contributed by atoms with E-state index in [2.05, 4.69) is 19.7 Å². The summed E-state index contributed by atoms with van der Waals surface area (Å²) in [4.78, 5) is 21.1. The summed E-state index contributed by atoms with van der Waals surface area (Å²) in [6.07, 6.45) is 7.41. The molecule has 1 N–H and O–H groups in total. The largest absolute Gasteiger partial charge is 0.353 e. The van der Waals surface area contributed by atoms with Crippen molar-refractivity contribution >= 4 is 51.0 Å². The lowest BCUT2D eigenvalue weighted by Gasteiger charge is -2.22. The van der Waals surface area contributed by atoms with E-state index in [0.29, 0.717) is 16.8 Å². The number of aromatic nitrogens is 3. The van der Waals surface area contributed by atoms with Crippen molar-refractivity contribution < 1.29 is 4.79 Å². The van der Waals surface area contributed by atoms with Crippen molar-refractivity contribution in [1.29, 1.82) is 0 Å². The van der Waals surface area contributed by atoms with Gasteiger partial charge in [-0.15, -0.1) is 0 Å². The molecule has 5 nitrogen and oxygen atoms in total. The number of hydrogen-bond donors (Lipinski definition) is 1. The van der Waals surface area contributed by atoms with E-state index in [-0.39, 0.29) is 5.91 Å². The third-order valence-corrected chi connectivity index (χ3v) is 6.87. The molecule has 2 aromatic heterocycles. The van der Waals surface area contributed by atoms with Crippen LogP contribution in [0, 0.1) is 0 Å². The number of carbonyl (C=O) groups is 1. The Morgan fingerprint density at radius 2 is 1.96 bits per heavy atom. The lowest BCUT2D eigenvalue weighted by Crippen LogP contribution is -2.37. The first-order valence-corrected chi connectivity index (χ1v) is 11.1. The molecule has 1 fully saturated rings. The molecule has 0 saturated heterocycles. The summed E-state index contributed by atoms with van der Waals surface area (Å²) in [5.74, 6) is 0.428. The van der Waals surface area contributed by atoms with Crippen LogP contribution in [0.3, 0.4) is 0 Å². The van der Waals surface area contributed by atoms with Crippen LogP contribution in [-0.2, 0) is 4.79 Å². The van der Waals surface area contributed by atoms with E-state index in [1.807, 2.05) is 24.3 Å². The van der Waals surface area contributed by atoms with Crippen molar-refractivity contribution in [3.63, 3.8) is 0 Å². The van der Waals surface area contributed by atoms with Gasteiger partial charge in [0.2, 0.25) is 5.91 Å². The molecule has 0 aliphatic heterocycles. The molecule has 0 atom stereocenters. The van der Waals surface area contributed by atoms with E-state index in [9.17, 15) is 4.79 Å². The van der Waals surface area contributed by atoms with Crippen molar-refractivity contribution in [3.8, 4) is 11.3 Å². The van der Waals surface area contributed by atoms with Gasteiger partial charge in [0.05, 0.1) is 5.75 Å². The Morgan fingerprint density at radius 3 is 2.74 bits per heavy atom. The van der Waals surface area contributed by atoms with Gasteiger partial charge in [0.15, 0.2) is 0 Å². The predicted octanol–water partition coefficient (Wildman–Crippen LogP) is 4.95. The first kappa shape index (κ1) is 18.7. The molecule has 27 heavy (non-hydrogen) atoms. The van der Waals surface area contributed by atoms with Gasteiger partial charge in [-0.1, -0.05) is 54.8 Å². The Bertz CT molecular complexity index is 939. The summed E-state index contributed by atoms with van der Waals surface area (Å²) in [6, 6.07) is 7.88. The number of nitrogens with one attached hydrogen (secondary N) is 1. The zero-order valence-electron chi connectivity index (χ0n) is 14.7. The summed E-state index contributed by atoms with van der Waals surface area (Å²) < 4.78 is 5.47. The molecule has 0 radical (unpaired) electrons. The number of halogens is 1. The molecular formula is C19H19ClN4OS2. The van der Waals surface area contributed by atoms with Crippen LogP contribution in [-0.4, -0.2) is 32.0 Å². The lowest BCUT2D eigenvalue weighted by atomic mass is 9.95. The van der Waals surface area contributed by atoms with Crippen molar-refractivity contribution in [1.82, 2.24) is 19.7 Å². The number of carbonyl (C=O) groups excluding carboxylic acids is 1. The Morgan fingerprint density at radius 1 is 1.19 bits per heavy atom. The summed E-state index contributed by atoms with van der Waals surface area (Å²) in [5, 5.41) is 4.64. The van der Waals surface area contributed by atoms with Crippen LogP contribution in [0.2, 0.25) is 5.02 Å². The molecule has 2 heterocycles. The maximum absolute atomic E-state index is 12.3. The lowest BCUT2D eigenvalue weighted by molar-refractivity contribution is -0.119. The summed E-state index contributed by atoms with van der Waals surface area (Å²) in [5.41, 5.74) is 2.60. The monoisotopic (exact) mass is 418 g/mol. The van der Waals surface area contributed by atoms with E-state index in [0.717, 1.165) is 39.3 Å². The Kier molecular flexibility index (Phi) is 5.90. The highest BCUT2D eigenvalue weighted by Gasteiger charge is 2.18. The minimum atomic E-state index is 0.0705. The van der Waals surface area contributed by atoms with Crippen LogP contribution < -0.4 is 5.32 Å². The van der Waals surface area contributed by atoms with Gasteiger partial charge >= 0.3 is 0 Å². The Labute approximate surface area is 171 Å². The maximum Gasteiger partial charge on any atom is 0.230 e. The molecule has 1 aliphatic carbocycles. The van der Waals surface area contributed by atoms with E-state index in [1.54, 1.807) is 0 Å². The minimum Gasteiger partial charge on any atom is -0.353 e. The number of nitrogens with zero attached hydrogens (tertiary/aromatic N) is 3. The fraction of sp³-hybridized carbons (Fsp3) is 0.368. The van der Waals surface area contributed by atoms with Crippen LogP contribution in [0.4, 0.5) is 0 Å². The number of amides is 1. The molecule has 4 rings (SSSR count). The summed E-state index contributed by atoms with van der Waals surface area (Å²) in [6.45, 7) is 0. The van der Waals surface area contributed by atoms with Crippen LogP contribution in [0.5, 0.6) is 0 Å². The normalized spacial score (nSPS) is 15.1. The average molecular weight is 419 g/mol. The maximum atomic E-state index is 12.3. The zero-order valence-corrected chi connectivity index (χ0v) is 17.0. The van der Waals surface area contributed by atoms with Gasteiger partial charge in [-0.3, -0.25) is 4.79 Å². The highest BCUT2D eigenvalue weighted by atomic mass is 35.5. The molecule has 0 unspecified atom stereocenters. The van der Waals surface area contributed by atoms with Gasteiger partial charge in [0.25, 0.3) is 0 Å². The molecule has 1 aromatic carbocycles. The van der Waals surface area contributed by atoms with Gasteiger partial charge in [0.1, 0.15) is 27.3 Å². The number of thioether (sulfide) groups is 1. The second-order valence-corrected chi connectivity index (χ2v) is 8.76. The second-order valence-electron chi connectivity index (χ2n) is 6.59. The first-order chi connectivity index (χ1) is 13.2. The van der Waals surface area contributed by atoms with Crippen molar-refractivity contribution in [2.24, 2.45) is 0 Å². The fourth-order valence-corrected chi connectivity index (χ4v) is 5.15. The number of hydrogen-bond acceptors (Lipinski definition) is 6. The second kappa shape index (κ2) is 8.54. The van der Waals surface area contributed by atoms with Crippen molar-refractivity contribution in [3.05, 3.63) is 35.6 Å². The molecule has 3 aromatic rings. The molecule has 8 heteroatoms. The quantitative estimate of drug-likeness (QED) is 0.469. The fourth-order valence-electron chi connectivity index (χ4n) is 3.29. The average Bonchev–Trinajstić information content (AvgIpc) is 3.12. The highest BCUT2D eigenvalue weighted by Crippen LogP contribution is 2.34. The molecule has 140 valence electrons. The molecule has 1 aliphatic rings. The molecule has 1 amide bonds.